The van der Waals surface area contributed by atoms with Crippen LogP contribution in [0.4, 0.5) is 0 Å². The van der Waals surface area contributed by atoms with Crippen molar-refractivity contribution in [3.63, 3.8) is 0 Å². The van der Waals surface area contributed by atoms with Crippen LogP contribution in [0.15, 0.2) is 18.2 Å². The topological polar surface area (TPSA) is 27.1 Å². The molecule has 0 radical (unpaired) electrons. The van der Waals surface area contributed by atoms with Crippen molar-refractivity contribution in [2.75, 3.05) is 0 Å². The lowest BCUT2D eigenvalue weighted by atomic mass is 10.2. The molecule has 0 aliphatic rings. The summed E-state index contributed by atoms with van der Waals surface area (Å²) < 4.78 is 7.52. The number of rotatable bonds is 3. The quantitative estimate of drug-likeness (QED) is 0.789. The number of aromatic nitrogens is 2. The molecule has 0 aliphatic heterocycles. The summed E-state index contributed by atoms with van der Waals surface area (Å²) in [5, 5.41) is 4.86. The highest BCUT2D eigenvalue weighted by molar-refractivity contribution is 6.32. The molecule has 18 heavy (non-hydrogen) atoms. The molecule has 1 heterocycles. The zero-order valence-corrected chi connectivity index (χ0v) is 12.0. The van der Waals surface area contributed by atoms with Gasteiger partial charge in [0.15, 0.2) is 0 Å². The zero-order chi connectivity index (χ0) is 13.3. The molecule has 0 spiro atoms. The highest BCUT2D eigenvalue weighted by atomic mass is 35.5. The smallest absolute Gasteiger partial charge is 0.222 e. The molecule has 5 heteroatoms. The first-order valence-electron chi connectivity index (χ1n) is 5.55. The van der Waals surface area contributed by atoms with Gasteiger partial charge in [-0.2, -0.15) is 5.10 Å². The van der Waals surface area contributed by atoms with E-state index in [0.717, 1.165) is 16.8 Å². The average Bonchev–Trinajstić information content (AvgIpc) is 2.58. The van der Waals surface area contributed by atoms with E-state index >= 15 is 0 Å². The molecule has 0 bridgehead atoms. The van der Waals surface area contributed by atoms with Crippen LogP contribution in [-0.4, -0.2) is 9.78 Å². The zero-order valence-electron chi connectivity index (χ0n) is 10.5. The molecule has 96 valence electrons. The maximum atomic E-state index is 6.11. The molecule has 0 unspecified atom stereocenters. The van der Waals surface area contributed by atoms with Crippen molar-refractivity contribution < 1.29 is 4.74 Å². The van der Waals surface area contributed by atoms with Crippen LogP contribution in [0.1, 0.15) is 16.8 Å². The maximum absolute atomic E-state index is 6.11. The normalized spacial score (nSPS) is 10.7. The fourth-order valence-corrected chi connectivity index (χ4v) is 2.22. The van der Waals surface area contributed by atoms with Crippen LogP contribution in [0.3, 0.4) is 0 Å². The molecule has 0 saturated carbocycles. The average molecular weight is 285 g/mol. The number of ether oxygens (including phenoxy) is 1. The number of alkyl halides is 1. The monoisotopic (exact) mass is 284 g/mol. The van der Waals surface area contributed by atoms with E-state index < -0.39 is 0 Å². The second kappa shape index (κ2) is 5.21. The molecule has 0 aliphatic carbocycles. The molecule has 0 atom stereocenters. The van der Waals surface area contributed by atoms with E-state index in [1.54, 1.807) is 4.68 Å². The van der Waals surface area contributed by atoms with Crippen molar-refractivity contribution in [2.24, 2.45) is 7.05 Å². The molecule has 0 amide bonds. The minimum Gasteiger partial charge on any atom is -0.437 e. The summed E-state index contributed by atoms with van der Waals surface area (Å²) in [6.45, 7) is 3.89. The van der Waals surface area contributed by atoms with Gasteiger partial charge in [0.1, 0.15) is 5.75 Å². The molecule has 0 fully saturated rings. The van der Waals surface area contributed by atoms with Crippen LogP contribution in [0.25, 0.3) is 0 Å². The van der Waals surface area contributed by atoms with Crippen LogP contribution in [0.2, 0.25) is 5.02 Å². The van der Waals surface area contributed by atoms with E-state index in [0.29, 0.717) is 22.5 Å². The molecule has 1 aromatic heterocycles. The Morgan fingerprint density at radius 1 is 1.33 bits per heavy atom. The third-order valence-corrected chi connectivity index (χ3v) is 3.30. The SMILES string of the molecule is Cc1ccc(Cl)c(Oc2c(CCl)c(C)nn2C)c1. The fraction of sp³-hybridized carbons (Fsp3) is 0.308. The van der Waals surface area contributed by atoms with Crippen molar-refractivity contribution in [1.82, 2.24) is 9.78 Å². The first-order valence-corrected chi connectivity index (χ1v) is 6.46. The third kappa shape index (κ3) is 2.47. The van der Waals surface area contributed by atoms with E-state index in [-0.39, 0.29) is 0 Å². The predicted octanol–water partition coefficient (Wildman–Crippen LogP) is 4.22. The Hall–Kier alpha value is -1.19. The molecule has 3 nitrogen and oxygen atoms in total. The standard InChI is InChI=1S/C13H14Cl2N2O/c1-8-4-5-11(15)12(6-8)18-13-10(7-14)9(2)16-17(13)3/h4-6H,7H2,1-3H3. The van der Waals surface area contributed by atoms with Gasteiger partial charge in [0.2, 0.25) is 5.88 Å². The fourth-order valence-electron chi connectivity index (χ4n) is 1.76. The molecular weight excluding hydrogens is 271 g/mol. The van der Waals surface area contributed by atoms with Gasteiger partial charge in [0.05, 0.1) is 22.2 Å². The number of nitrogens with zero attached hydrogens (tertiary/aromatic N) is 2. The molecular formula is C13H14Cl2N2O. The number of benzene rings is 1. The number of aryl methyl sites for hydroxylation is 3. The Morgan fingerprint density at radius 2 is 2.06 bits per heavy atom. The van der Waals surface area contributed by atoms with Gasteiger partial charge in [-0.05, 0) is 31.5 Å². The van der Waals surface area contributed by atoms with Crippen molar-refractivity contribution in [2.45, 2.75) is 19.7 Å². The van der Waals surface area contributed by atoms with Gasteiger partial charge in [-0.3, -0.25) is 0 Å². The van der Waals surface area contributed by atoms with Crippen molar-refractivity contribution >= 4 is 23.2 Å². The first kappa shape index (κ1) is 13.2. The van der Waals surface area contributed by atoms with Crippen molar-refractivity contribution in [3.8, 4) is 11.6 Å². The van der Waals surface area contributed by atoms with Gasteiger partial charge in [-0.15, -0.1) is 11.6 Å². The predicted molar refractivity (Wildman–Crippen MR) is 73.8 cm³/mol. The molecule has 0 N–H and O–H groups in total. The minimum atomic E-state index is 0.360. The Morgan fingerprint density at radius 3 is 2.72 bits per heavy atom. The van der Waals surface area contributed by atoms with Gasteiger partial charge >= 0.3 is 0 Å². The third-order valence-electron chi connectivity index (χ3n) is 2.72. The first-order chi connectivity index (χ1) is 8.52. The van der Waals surface area contributed by atoms with Gasteiger partial charge < -0.3 is 4.74 Å². The van der Waals surface area contributed by atoms with Crippen LogP contribution < -0.4 is 4.74 Å². The second-order valence-electron chi connectivity index (χ2n) is 4.16. The van der Waals surface area contributed by atoms with Crippen molar-refractivity contribution in [1.29, 1.82) is 0 Å². The molecule has 0 saturated heterocycles. The lowest BCUT2D eigenvalue weighted by Gasteiger charge is -2.09. The van der Waals surface area contributed by atoms with Crippen LogP contribution in [-0.2, 0) is 12.9 Å². The van der Waals surface area contributed by atoms with Gasteiger partial charge in [0.25, 0.3) is 0 Å². The number of hydrogen-bond acceptors (Lipinski definition) is 2. The lowest BCUT2D eigenvalue weighted by Crippen LogP contribution is -1.97. The number of hydrogen-bond donors (Lipinski definition) is 0. The van der Waals surface area contributed by atoms with Gasteiger partial charge in [0, 0.05) is 7.05 Å². The van der Waals surface area contributed by atoms with E-state index in [1.165, 1.54) is 0 Å². The summed E-state index contributed by atoms with van der Waals surface area (Å²) in [6, 6.07) is 5.64. The molecule has 1 aromatic carbocycles. The Bertz CT molecular complexity index is 579. The van der Waals surface area contributed by atoms with Crippen molar-refractivity contribution in [3.05, 3.63) is 40.0 Å². The maximum Gasteiger partial charge on any atom is 0.222 e. The van der Waals surface area contributed by atoms with Gasteiger partial charge in [-0.25, -0.2) is 4.68 Å². The second-order valence-corrected chi connectivity index (χ2v) is 4.84. The van der Waals surface area contributed by atoms with E-state index in [4.69, 9.17) is 27.9 Å². The largest absolute Gasteiger partial charge is 0.437 e. The van der Waals surface area contributed by atoms with E-state index in [2.05, 4.69) is 5.10 Å². The lowest BCUT2D eigenvalue weighted by molar-refractivity contribution is 0.427. The summed E-state index contributed by atoms with van der Waals surface area (Å²) in [5.41, 5.74) is 2.84. The molecule has 2 rings (SSSR count). The Kier molecular flexibility index (Phi) is 3.83. The highest BCUT2D eigenvalue weighted by Crippen LogP contribution is 2.33. The van der Waals surface area contributed by atoms with Gasteiger partial charge in [-0.1, -0.05) is 17.7 Å². The Labute approximate surface area is 116 Å². The summed E-state index contributed by atoms with van der Waals surface area (Å²) >= 11 is 12.0. The van der Waals surface area contributed by atoms with Crippen LogP contribution in [0, 0.1) is 13.8 Å². The Balaban J connectivity index is 2.42. The van der Waals surface area contributed by atoms with Crippen LogP contribution in [0.5, 0.6) is 11.6 Å². The number of halogens is 2. The summed E-state index contributed by atoms with van der Waals surface area (Å²) in [5.74, 6) is 1.61. The molecule has 2 aromatic rings. The summed E-state index contributed by atoms with van der Waals surface area (Å²) in [6.07, 6.45) is 0. The highest BCUT2D eigenvalue weighted by Gasteiger charge is 2.15. The minimum absolute atomic E-state index is 0.360. The van der Waals surface area contributed by atoms with Crippen LogP contribution >= 0.6 is 23.2 Å². The van der Waals surface area contributed by atoms with E-state index in [9.17, 15) is 0 Å². The summed E-state index contributed by atoms with van der Waals surface area (Å²) in [4.78, 5) is 0. The summed E-state index contributed by atoms with van der Waals surface area (Å²) in [7, 11) is 1.82. The van der Waals surface area contributed by atoms with E-state index in [1.807, 2.05) is 39.1 Å².